The molecule has 0 aromatic carbocycles. The summed E-state index contributed by atoms with van der Waals surface area (Å²) in [5, 5.41) is 3.91. The van der Waals surface area contributed by atoms with Gasteiger partial charge in [0.05, 0.1) is 0 Å². The van der Waals surface area contributed by atoms with Crippen molar-refractivity contribution in [2.45, 2.75) is 26.3 Å². The number of ketones is 1. The molecule has 0 aliphatic heterocycles. The van der Waals surface area contributed by atoms with E-state index in [2.05, 4.69) is 10.1 Å². The monoisotopic (exact) mass is 153 g/mol. The molecule has 0 aliphatic carbocycles. The number of Topliss-reactive ketones (excluding diaryl/α,β-unsaturated/α-hetero) is 1. The Morgan fingerprint density at radius 3 is 3.00 bits per heavy atom. The first-order valence-electron chi connectivity index (χ1n) is 3.61. The zero-order chi connectivity index (χ0) is 8.10. The number of hydrogen-bond donors (Lipinski definition) is 0. The number of aryl methyl sites for hydroxylation is 1. The molecular weight excluding hydrogens is 142 g/mol. The molecule has 1 aromatic rings. The van der Waals surface area contributed by atoms with Gasteiger partial charge in [0, 0.05) is 13.0 Å². The molecule has 60 valence electrons. The Hall–Kier alpha value is -1.19. The summed E-state index contributed by atoms with van der Waals surface area (Å²) in [5.74, 6) is 0.227. The third-order valence-electron chi connectivity index (χ3n) is 1.38. The smallest absolute Gasteiger partial charge is 0.137 e. The molecule has 0 saturated heterocycles. The van der Waals surface area contributed by atoms with Crippen LogP contribution in [0.25, 0.3) is 0 Å². The van der Waals surface area contributed by atoms with Crippen LogP contribution in [-0.2, 0) is 11.3 Å². The van der Waals surface area contributed by atoms with E-state index in [1.807, 2.05) is 0 Å². The lowest BCUT2D eigenvalue weighted by Gasteiger charge is -1.96. The van der Waals surface area contributed by atoms with Gasteiger partial charge in [-0.25, -0.2) is 4.98 Å². The molecule has 0 aliphatic rings. The second kappa shape index (κ2) is 3.85. The van der Waals surface area contributed by atoms with Crippen molar-refractivity contribution in [2.24, 2.45) is 0 Å². The Kier molecular flexibility index (Phi) is 2.77. The average Bonchev–Trinajstić information content (AvgIpc) is 2.39. The summed E-state index contributed by atoms with van der Waals surface area (Å²) in [6.45, 7) is 2.38. The summed E-state index contributed by atoms with van der Waals surface area (Å²) in [6.07, 6.45) is 4.62. The molecule has 0 spiro atoms. The van der Waals surface area contributed by atoms with Crippen molar-refractivity contribution in [1.29, 1.82) is 0 Å². The Morgan fingerprint density at radius 2 is 2.45 bits per heavy atom. The molecule has 4 nitrogen and oxygen atoms in total. The predicted molar refractivity (Wildman–Crippen MR) is 39.9 cm³/mol. The molecule has 1 aromatic heterocycles. The van der Waals surface area contributed by atoms with E-state index in [4.69, 9.17) is 0 Å². The van der Waals surface area contributed by atoms with Crippen molar-refractivity contribution in [2.75, 3.05) is 0 Å². The van der Waals surface area contributed by atoms with Crippen molar-refractivity contribution in [3.8, 4) is 0 Å². The van der Waals surface area contributed by atoms with Gasteiger partial charge >= 0.3 is 0 Å². The van der Waals surface area contributed by atoms with Gasteiger partial charge in [0.1, 0.15) is 18.4 Å². The van der Waals surface area contributed by atoms with E-state index in [1.54, 1.807) is 17.9 Å². The standard InChI is InChI=1S/C7H11N3O/c1-7(11)3-2-4-10-6-8-5-9-10/h5-6H,2-4H2,1H3. The van der Waals surface area contributed by atoms with Crippen LogP contribution in [0.5, 0.6) is 0 Å². The van der Waals surface area contributed by atoms with Gasteiger partial charge in [-0.15, -0.1) is 0 Å². The van der Waals surface area contributed by atoms with E-state index >= 15 is 0 Å². The van der Waals surface area contributed by atoms with Gasteiger partial charge in [-0.2, -0.15) is 5.10 Å². The summed E-state index contributed by atoms with van der Waals surface area (Å²) < 4.78 is 1.73. The normalized spacial score (nSPS) is 9.91. The lowest BCUT2D eigenvalue weighted by atomic mass is 10.2. The van der Waals surface area contributed by atoms with E-state index in [0.717, 1.165) is 13.0 Å². The lowest BCUT2D eigenvalue weighted by Crippen LogP contribution is -2.00. The van der Waals surface area contributed by atoms with E-state index < -0.39 is 0 Å². The van der Waals surface area contributed by atoms with Crippen LogP contribution < -0.4 is 0 Å². The highest BCUT2D eigenvalue weighted by Crippen LogP contribution is 1.93. The Bertz CT molecular complexity index is 218. The van der Waals surface area contributed by atoms with E-state index in [-0.39, 0.29) is 5.78 Å². The van der Waals surface area contributed by atoms with Crippen molar-refractivity contribution >= 4 is 5.78 Å². The second-order valence-corrected chi connectivity index (χ2v) is 2.46. The number of nitrogens with zero attached hydrogens (tertiary/aromatic N) is 3. The molecule has 1 heterocycles. The third-order valence-corrected chi connectivity index (χ3v) is 1.38. The van der Waals surface area contributed by atoms with Crippen LogP contribution in [0.2, 0.25) is 0 Å². The minimum atomic E-state index is 0.227. The Labute approximate surface area is 65.2 Å². The number of hydrogen-bond acceptors (Lipinski definition) is 3. The number of aromatic nitrogens is 3. The van der Waals surface area contributed by atoms with E-state index in [9.17, 15) is 4.79 Å². The number of rotatable bonds is 4. The zero-order valence-electron chi connectivity index (χ0n) is 6.53. The average molecular weight is 153 g/mol. The van der Waals surface area contributed by atoms with Gasteiger partial charge in [-0.3, -0.25) is 4.68 Å². The van der Waals surface area contributed by atoms with Crippen LogP contribution in [0.4, 0.5) is 0 Å². The third kappa shape index (κ3) is 2.93. The molecule has 1 rings (SSSR count). The van der Waals surface area contributed by atoms with Crippen molar-refractivity contribution < 1.29 is 4.79 Å². The molecule has 0 unspecified atom stereocenters. The van der Waals surface area contributed by atoms with E-state index in [1.165, 1.54) is 6.33 Å². The minimum absolute atomic E-state index is 0.227. The van der Waals surface area contributed by atoms with Crippen molar-refractivity contribution in [1.82, 2.24) is 14.8 Å². The Morgan fingerprint density at radius 1 is 1.64 bits per heavy atom. The first-order valence-corrected chi connectivity index (χ1v) is 3.61. The molecule has 11 heavy (non-hydrogen) atoms. The predicted octanol–water partition coefficient (Wildman–Crippen LogP) is 0.647. The van der Waals surface area contributed by atoms with Crippen LogP contribution in [0, 0.1) is 0 Å². The highest BCUT2D eigenvalue weighted by molar-refractivity contribution is 5.75. The molecular formula is C7H11N3O. The molecule has 0 amide bonds. The molecule has 0 N–H and O–H groups in total. The van der Waals surface area contributed by atoms with Gasteiger partial charge < -0.3 is 4.79 Å². The molecule has 0 radical (unpaired) electrons. The van der Waals surface area contributed by atoms with Crippen molar-refractivity contribution in [3.63, 3.8) is 0 Å². The van der Waals surface area contributed by atoms with Gasteiger partial charge in [-0.1, -0.05) is 0 Å². The molecule has 0 fully saturated rings. The molecule has 0 saturated carbocycles. The summed E-state index contributed by atoms with van der Waals surface area (Å²) in [7, 11) is 0. The molecule has 0 bridgehead atoms. The van der Waals surface area contributed by atoms with Crippen LogP contribution in [-0.4, -0.2) is 20.5 Å². The van der Waals surface area contributed by atoms with Gasteiger partial charge in [-0.05, 0) is 13.3 Å². The first kappa shape index (κ1) is 7.91. The highest BCUT2D eigenvalue weighted by atomic mass is 16.1. The van der Waals surface area contributed by atoms with Gasteiger partial charge in [0.2, 0.25) is 0 Å². The highest BCUT2D eigenvalue weighted by Gasteiger charge is 1.94. The summed E-state index contributed by atoms with van der Waals surface area (Å²) in [6, 6.07) is 0. The summed E-state index contributed by atoms with van der Waals surface area (Å²) in [5.41, 5.74) is 0. The quantitative estimate of drug-likeness (QED) is 0.638. The lowest BCUT2D eigenvalue weighted by molar-refractivity contribution is -0.117. The van der Waals surface area contributed by atoms with Crippen molar-refractivity contribution in [3.05, 3.63) is 12.7 Å². The zero-order valence-corrected chi connectivity index (χ0v) is 6.53. The SMILES string of the molecule is CC(=O)CCCn1cncn1. The minimum Gasteiger partial charge on any atom is -0.300 e. The fourth-order valence-electron chi connectivity index (χ4n) is 0.838. The fourth-order valence-corrected chi connectivity index (χ4v) is 0.838. The number of carbonyl (C=O) groups is 1. The van der Waals surface area contributed by atoms with Gasteiger partial charge in [0.25, 0.3) is 0 Å². The van der Waals surface area contributed by atoms with E-state index in [0.29, 0.717) is 6.42 Å². The summed E-state index contributed by atoms with van der Waals surface area (Å²) >= 11 is 0. The van der Waals surface area contributed by atoms with Crippen LogP contribution in [0.15, 0.2) is 12.7 Å². The maximum Gasteiger partial charge on any atom is 0.137 e. The van der Waals surface area contributed by atoms with Gasteiger partial charge in [0.15, 0.2) is 0 Å². The van der Waals surface area contributed by atoms with Crippen LogP contribution in [0.1, 0.15) is 19.8 Å². The Balaban J connectivity index is 2.19. The first-order chi connectivity index (χ1) is 5.29. The number of carbonyl (C=O) groups excluding carboxylic acids is 1. The van der Waals surface area contributed by atoms with Crippen LogP contribution in [0.3, 0.4) is 0 Å². The van der Waals surface area contributed by atoms with Crippen LogP contribution >= 0.6 is 0 Å². The topological polar surface area (TPSA) is 47.8 Å². The summed E-state index contributed by atoms with van der Waals surface area (Å²) in [4.78, 5) is 14.3. The molecule has 4 heteroatoms. The maximum absolute atomic E-state index is 10.5. The largest absolute Gasteiger partial charge is 0.300 e. The molecule has 0 atom stereocenters. The second-order valence-electron chi connectivity index (χ2n) is 2.46. The maximum atomic E-state index is 10.5. The fraction of sp³-hybridized carbons (Fsp3) is 0.571.